The van der Waals surface area contributed by atoms with Gasteiger partial charge in [0, 0.05) is 16.1 Å². The molecule has 1 aliphatic heterocycles. The number of nitrogens with zero attached hydrogens (tertiary/aromatic N) is 3. The van der Waals surface area contributed by atoms with Gasteiger partial charge in [-0.3, -0.25) is 14.5 Å². The topological polar surface area (TPSA) is 89.6 Å². The number of ether oxygens (including phenoxy) is 1. The maximum atomic E-state index is 13.8. The number of rotatable bonds is 8. The number of fused-ring (bicyclic) bond motifs is 1. The molecule has 5 aromatic rings. The van der Waals surface area contributed by atoms with Crippen molar-refractivity contribution in [3.63, 3.8) is 0 Å². The van der Waals surface area contributed by atoms with Crippen LogP contribution in [0.2, 0.25) is 5.02 Å². The average molecular weight is 605 g/mol. The molecule has 0 saturated carbocycles. The van der Waals surface area contributed by atoms with Gasteiger partial charge < -0.3 is 14.5 Å². The van der Waals surface area contributed by atoms with E-state index in [4.69, 9.17) is 25.9 Å². The number of carbonyl (C=O) groups excluding carboxylic acids is 2. The Labute approximate surface area is 249 Å². The maximum absolute atomic E-state index is 13.8. The molecule has 41 heavy (non-hydrogen) atoms. The third-order valence-corrected chi connectivity index (χ3v) is 8.92. The number of amides is 2. The van der Waals surface area contributed by atoms with Crippen molar-refractivity contribution >= 4 is 52.3 Å². The highest BCUT2D eigenvalue weighted by molar-refractivity contribution is 8.00. The second kappa shape index (κ2) is 11.9. The molecule has 0 bridgehead atoms. The number of halogens is 1. The van der Waals surface area contributed by atoms with Gasteiger partial charge in [0.25, 0.3) is 0 Å². The molecule has 208 valence electrons. The Morgan fingerprint density at radius 2 is 1.95 bits per heavy atom. The molecule has 1 atom stereocenters. The molecule has 11 heteroatoms. The second-order valence-corrected chi connectivity index (χ2v) is 11.6. The highest BCUT2D eigenvalue weighted by Crippen LogP contribution is 2.49. The van der Waals surface area contributed by atoms with Crippen molar-refractivity contribution in [2.45, 2.75) is 11.8 Å². The highest BCUT2D eigenvalue weighted by Gasteiger charge is 2.37. The van der Waals surface area contributed by atoms with Gasteiger partial charge in [-0.1, -0.05) is 23.7 Å². The summed E-state index contributed by atoms with van der Waals surface area (Å²) in [6.45, 7) is 0.0477. The van der Waals surface area contributed by atoms with Gasteiger partial charge in [-0.2, -0.15) is 16.4 Å². The second-order valence-electron chi connectivity index (χ2n) is 9.29. The van der Waals surface area contributed by atoms with E-state index in [9.17, 15) is 9.59 Å². The molecular weight excluding hydrogens is 580 g/mol. The standard InChI is InChI=1S/C30H25ClN4O4S2/c1-38-23-10-8-22(9-11-23)35-30-27(28(33-35)19-4-6-21(31)7-5-19)29(20-12-14-40-17-20)41-18-26(37)34(30)16-25(36)32-15-24-3-2-13-39-24/h2-14,17,29H,15-16,18H2,1H3,(H,32,36)/t29-/m0/s1. The van der Waals surface area contributed by atoms with Crippen LogP contribution in [0.5, 0.6) is 5.75 Å². The lowest BCUT2D eigenvalue weighted by molar-refractivity contribution is -0.123. The zero-order valence-corrected chi connectivity index (χ0v) is 24.3. The summed E-state index contributed by atoms with van der Waals surface area (Å²) < 4.78 is 12.5. The number of anilines is 1. The van der Waals surface area contributed by atoms with E-state index in [1.54, 1.807) is 46.4 Å². The minimum Gasteiger partial charge on any atom is -0.497 e. The van der Waals surface area contributed by atoms with Gasteiger partial charge >= 0.3 is 0 Å². The molecule has 4 heterocycles. The Morgan fingerprint density at radius 3 is 2.63 bits per heavy atom. The minimum atomic E-state index is -0.310. The van der Waals surface area contributed by atoms with Gasteiger partial charge in [0.2, 0.25) is 11.8 Å². The van der Waals surface area contributed by atoms with E-state index in [0.717, 1.165) is 22.4 Å². The van der Waals surface area contributed by atoms with E-state index < -0.39 is 0 Å². The van der Waals surface area contributed by atoms with Crippen LogP contribution in [0.4, 0.5) is 5.82 Å². The number of hydrogen-bond donors (Lipinski definition) is 1. The number of thiophene rings is 1. The number of methoxy groups -OCH3 is 1. The first-order valence-corrected chi connectivity index (χ1v) is 15.1. The van der Waals surface area contributed by atoms with Crippen molar-refractivity contribution in [2.75, 3.05) is 24.3 Å². The summed E-state index contributed by atoms with van der Waals surface area (Å²) in [4.78, 5) is 28.5. The number of benzene rings is 2. The van der Waals surface area contributed by atoms with Crippen LogP contribution in [0.15, 0.2) is 88.2 Å². The zero-order chi connectivity index (χ0) is 28.3. The van der Waals surface area contributed by atoms with E-state index in [2.05, 4.69) is 16.8 Å². The van der Waals surface area contributed by atoms with Crippen molar-refractivity contribution in [3.05, 3.63) is 106 Å². The summed E-state index contributed by atoms with van der Waals surface area (Å²) in [5, 5.41) is 12.5. The molecule has 2 amide bonds. The van der Waals surface area contributed by atoms with E-state index in [-0.39, 0.29) is 35.9 Å². The molecule has 0 unspecified atom stereocenters. The van der Waals surface area contributed by atoms with Gasteiger partial charge in [0.05, 0.1) is 42.3 Å². The summed E-state index contributed by atoms with van der Waals surface area (Å²) in [6, 6.07) is 20.6. The molecular formula is C30H25ClN4O4S2. The fourth-order valence-electron chi connectivity index (χ4n) is 4.73. The molecule has 1 aliphatic rings. The smallest absolute Gasteiger partial charge is 0.240 e. The SMILES string of the molecule is COc1ccc(-n2nc(-c3ccc(Cl)cc3)c3c2N(CC(=O)NCc2ccco2)C(=O)CS[C@H]3c2ccsc2)cc1. The van der Waals surface area contributed by atoms with Crippen molar-refractivity contribution in [2.24, 2.45) is 0 Å². The van der Waals surface area contributed by atoms with Crippen LogP contribution in [0.1, 0.15) is 22.1 Å². The normalized spacial score (nSPS) is 14.9. The number of furan rings is 1. The Morgan fingerprint density at radius 1 is 1.15 bits per heavy atom. The monoisotopic (exact) mass is 604 g/mol. The van der Waals surface area contributed by atoms with E-state index in [0.29, 0.717) is 28.0 Å². The third kappa shape index (κ3) is 5.63. The molecule has 2 aromatic carbocycles. The fraction of sp³-hybridized carbons (Fsp3) is 0.167. The quantitative estimate of drug-likeness (QED) is 0.222. The van der Waals surface area contributed by atoms with Gasteiger partial charge in [0.1, 0.15) is 23.9 Å². The van der Waals surface area contributed by atoms with Crippen LogP contribution in [-0.4, -0.2) is 41.0 Å². The average Bonchev–Trinajstić information content (AvgIpc) is 3.77. The van der Waals surface area contributed by atoms with E-state index >= 15 is 0 Å². The van der Waals surface area contributed by atoms with Gasteiger partial charge in [-0.15, -0.1) is 11.8 Å². The Balaban J connectivity index is 1.52. The first-order chi connectivity index (χ1) is 20.0. The minimum absolute atomic E-state index is 0.175. The van der Waals surface area contributed by atoms with Crippen molar-refractivity contribution < 1.29 is 18.7 Å². The predicted octanol–water partition coefficient (Wildman–Crippen LogP) is 6.34. The lowest BCUT2D eigenvalue weighted by atomic mass is 10.0. The van der Waals surface area contributed by atoms with Crippen molar-refractivity contribution in [1.29, 1.82) is 0 Å². The Hall–Kier alpha value is -3.99. The molecule has 0 spiro atoms. The number of thioether (sulfide) groups is 1. The predicted molar refractivity (Wildman–Crippen MR) is 162 cm³/mol. The number of hydrogen-bond acceptors (Lipinski definition) is 7. The molecule has 6 rings (SSSR count). The Kier molecular flexibility index (Phi) is 7.86. The lowest BCUT2D eigenvalue weighted by Crippen LogP contribution is -2.42. The highest BCUT2D eigenvalue weighted by atomic mass is 35.5. The van der Waals surface area contributed by atoms with Gasteiger partial charge in [0.15, 0.2) is 0 Å². The van der Waals surface area contributed by atoms with Crippen LogP contribution in [0, 0.1) is 0 Å². The van der Waals surface area contributed by atoms with E-state index in [1.165, 1.54) is 11.8 Å². The number of nitrogens with one attached hydrogen (secondary N) is 1. The fourth-order valence-corrected chi connectivity index (χ4v) is 6.82. The van der Waals surface area contributed by atoms with Crippen LogP contribution >= 0.6 is 34.7 Å². The number of aromatic nitrogens is 2. The molecule has 0 saturated heterocycles. The van der Waals surface area contributed by atoms with Crippen molar-refractivity contribution in [3.8, 4) is 22.7 Å². The maximum Gasteiger partial charge on any atom is 0.240 e. The van der Waals surface area contributed by atoms with Gasteiger partial charge in [-0.25, -0.2) is 4.68 Å². The molecule has 1 N–H and O–H groups in total. The molecule has 3 aromatic heterocycles. The van der Waals surface area contributed by atoms with E-state index in [1.807, 2.05) is 53.9 Å². The summed E-state index contributed by atoms with van der Waals surface area (Å²) in [5.41, 5.74) is 4.23. The van der Waals surface area contributed by atoms with Gasteiger partial charge in [-0.05, 0) is 70.9 Å². The van der Waals surface area contributed by atoms with Crippen LogP contribution in [0.3, 0.4) is 0 Å². The Bertz CT molecular complexity index is 1650. The lowest BCUT2D eigenvalue weighted by Gasteiger charge is -2.23. The van der Waals surface area contributed by atoms with Crippen LogP contribution in [-0.2, 0) is 16.1 Å². The zero-order valence-electron chi connectivity index (χ0n) is 22.0. The first-order valence-electron chi connectivity index (χ1n) is 12.8. The summed E-state index contributed by atoms with van der Waals surface area (Å²) in [7, 11) is 1.61. The summed E-state index contributed by atoms with van der Waals surface area (Å²) >= 11 is 9.36. The molecule has 0 radical (unpaired) electrons. The van der Waals surface area contributed by atoms with Crippen LogP contribution < -0.4 is 15.0 Å². The van der Waals surface area contributed by atoms with Crippen LogP contribution in [0.25, 0.3) is 16.9 Å². The third-order valence-electron chi connectivity index (χ3n) is 6.71. The summed E-state index contributed by atoms with van der Waals surface area (Å²) in [5.74, 6) is 1.59. The van der Waals surface area contributed by atoms with Crippen molar-refractivity contribution in [1.82, 2.24) is 15.1 Å². The molecule has 0 fully saturated rings. The first kappa shape index (κ1) is 27.2. The largest absolute Gasteiger partial charge is 0.497 e. The molecule has 8 nitrogen and oxygen atoms in total. The number of carbonyl (C=O) groups is 2. The summed E-state index contributed by atoms with van der Waals surface area (Å²) in [6.07, 6.45) is 1.56. The molecule has 0 aliphatic carbocycles.